The van der Waals surface area contributed by atoms with Crippen LogP contribution >= 0.6 is 0 Å². The van der Waals surface area contributed by atoms with Crippen molar-refractivity contribution in [1.29, 1.82) is 0 Å². The van der Waals surface area contributed by atoms with E-state index >= 15 is 0 Å². The van der Waals surface area contributed by atoms with Crippen molar-refractivity contribution in [1.82, 2.24) is 24.5 Å². The number of fused-ring (bicyclic) bond motifs is 1. The van der Waals surface area contributed by atoms with Crippen LogP contribution in [0, 0.1) is 12.7 Å². The minimum absolute atomic E-state index is 0.241. The molecule has 0 saturated heterocycles. The number of nitrogens with zero attached hydrogens (tertiary/aromatic N) is 5. The highest BCUT2D eigenvalue weighted by Gasteiger charge is 2.27. The van der Waals surface area contributed by atoms with Crippen LogP contribution in [0.3, 0.4) is 0 Å². The monoisotopic (exact) mass is 432 g/mol. The highest BCUT2D eigenvalue weighted by molar-refractivity contribution is 5.95. The third-order valence-electron chi connectivity index (χ3n) is 5.61. The van der Waals surface area contributed by atoms with Gasteiger partial charge < -0.3 is 14.6 Å². The summed E-state index contributed by atoms with van der Waals surface area (Å²) in [4.78, 5) is 17.0. The Balaban J connectivity index is 1.42. The second-order valence-electron chi connectivity index (χ2n) is 7.74. The molecule has 0 saturated carbocycles. The summed E-state index contributed by atoms with van der Waals surface area (Å²) in [5.41, 5.74) is 4.61. The van der Waals surface area contributed by atoms with Gasteiger partial charge in [0, 0.05) is 17.4 Å². The van der Waals surface area contributed by atoms with Crippen molar-refractivity contribution in [2.45, 2.75) is 25.8 Å². The maximum Gasteiger partial charge on any atom is 0.249 e. The van der Waals surface area contributed by atoms with E-state index in [4.69, 9.17) is 4.74 Å². The minimum Gasteiger partial charge on any atom is -0.495 e. The van der Waals surface area contributed by atoms with Gasteiger partial charge in [-0.2, -0.15) is 0 Å². The number of anilines is 1. The Morgan fingerprint density at radius 3 is 2.84 bits per heavy atom. The molecule has 0 radical (unpaired) electrons. The molecule has 3 heterocycles. The van der Waals surface area contributed by atoms with E-state index < -0.39 is 6.04 Å². The summed E-state index contributed by atoms with van der Waals surface area (Å²) >= 11 is 0. The number of aromatic nitrogens is 5. The molecule has 1 aliphatic rings. The van der Waals surface area contributed by atoms with E-state index in [2.05, 4.69) is 20.6 Å². The molecular weight excluding hydrogens is 411 g/mol. The number of aryl methyl sites for hydroxylation is 2. The molecule has 0 aliphatic carbocycles. The number of carbonyl (C=O) groups is 1. The second kappa shape index (κ2) is 7.92. The molecule has 0 bridgehead atoms. The van der Waals surface area contributed by atoms with Crippen molar-refractivity contribution in [3.05, 3.63) is 72.2 Å². The van der Waals surface area contributed by atoms with Crippen LogP contribution in [0.15, 0.2) is 55.1 Å². The first-order valence-electron chi connectivity index (χ1n) is 10.2. The average molecular weight is 432 g/mol. The van der Waals surface area contributed by atoms with E-state index in [1.54, 1.807) is 30.4 Å². The van der Waals surface area contributed by atoms with Crippen LogP contribution in [0.25, 0.3) is 16.9 Å². The molecule has 9 heteroatoms. The highest BCUT2D eigenvalue weighted by Crippen LogP contribution is 2.31. The van der Waals surface area contributed by atoms with Gasteiger partial charge in [0.2, 0.25) is 5.91 Å². The lowest BCUT2D eigenvalue weighted by atomic mass is 10.1. The smallest absolute Gasteiger partial charge is 0.249 e. The third kappa shape index (κ3) is 3.62. The molecule has 0 fully saturated rings. The number of imidazole rings is 1. The Morgan fingerprint density at radius 1 is 1.19 bits per heavy atom. The number of nitrogens with one attached hydrogen (secondary N) is 1. The lowest BCUT2D eigenvalue weighted by Crippen LogP contribution is -2.25. The van der Waals surface area contributed by atoms with Crippen LogP contribution in [0.5, 0.6) is 5.75 Å². The third-order valence-corrected chi connectivity index (χ3v) is 5.61. The number of amides is 1. The fourth-order valence-electron chi connectivity index (χ4n) is 3.94. The predicted octanol–water partition coefficient (Wildman–Crippen LogP) is 3.71. The normalized spacial score (nSPS) is 15.7. The van der Waals surface area contributed by atoms with Gasteiger partial charge >= 0.3 is 0 Å². The first kappa shape index (κ1) is 19.9. The molecule has 32 heavy (non-hydrogen) atoms. The number of benzene rings is 2. The summed E-state index contributed by atoms with van der Waals surface area (Å²) in [5.74, 6) is 0.0436. The fourth-order valence-corrected chi connectivity index (χ4v) is 3.94. The maximum absolute atomic E-state index is 13.6. The van der Waals surface area contributed by atoms with Gasteiger partial charge in [0.1, 0.15) is 23.3 Å². The van der Waals surface area contributed by atoms with Gasteiger partial charge in [0.25, 0.3) is 0 Å². The van der Waals surface area contributed by atoms with Gasteiger partial charge in [-0.1, -0.05) is 17.3 Å². The lowest BCUT2D eigenvalue weighted by Gasteiger charge is -2.12. The molecule has 1 amide bonds. The van der Waals surface area contributed by atoms with Gasteiger partial charge in [0.15, 0.2) is 0 Å². The Morgan fingerprint density at radius 2 is 2.06 bits per heavy atom. The van der Waals surface area contributed by atoms with Gasteiger partial charge in [-0.15, -0.1) is 5.10 Å². The zero-order valence-corrected chi connectivity index (χ0v) is 17.6. The van der Waals surface area contributed by atoms with Crippen molar-refractivity contribution in [3.8, 4) is 22.7 Å². The number of hydrogen-bond donors (Lipinski definition) is 1. The molecule has 2 aromatic heterocycles. The molecular formula is C23H21FN6O2. The topological polar surface area (TPSA) is 86.9 Å². The van der Waals surface area contributed by atoms with E-state index in [9.17, 15) is 9.18 Å². The predicted molar refractivity (Wildman–Crippen MR) is 116 cm³/mol. The lowest BCUT2D eigenvalue weighted by molar-refractivity contribution is -0.119. The van der Waals surface area contributed by atoms with Gasteiger partial charge in [0.05, 0.1) is 31.0 Å². The molecule has 1 unspecified atom stereocenters. The first-order chi connectivity index (χ1) is 15.5. The molecule has 5 rings (SSSR count). The van der Waals surface area contributed by atoms with E-state index in [1.165, 1.54) is 12.1 Å². The summed E-state index contributed by atoms with van der Waals surface area (Å²) < 4.78 is 22.6. The van der Waals surface area contributed by atoms with Crippen molar-refractivity contribution in [2.24, 2.45) is 0 Å². The zero-order valence-electron chi connectivity index (χ0n) is 17.6. The summed E-state index contributed by atoms with van der Waals surface area (Å²) in [6.45, 7) is 1.92. The Kier molecular flexibility index (Phi) is 4.93. The SMILES string of the molecule is COc1cc(-c2cn(C3CCc4ccc(F)cc4NC3=O)nn2)ccc1-n1cnc(C)c1. The summed E-state index contributed by atoms with van der Waals surface area (Å²) in [5, 5.41) is 11.3. The van der Waals surface area contributed by atoms with Crippen LogP contribution in [0.2, 0.25) is 0 Å². The van der Waals surface area contributed by atoms with E-state index in [-0.39, 0.29) is 11.7 Å². The zero-order chi connectivity index (χ0) is 22.2. The molecule has 0 spiro atoms. The van der Waals surface area contributed by atoms with Gasteiger partial charge in [-0.05, 0) is 49.6 Å². The van der Waals surface area contributed by atoms with Crippen LogP contribution < -0.4 is 10.1 Å². The van der Waals surface area contributed by atoms with E-state index in [0.717, 1.165) is 22.5 Å². The van der Waals surface area contributed by atoms with Gasteiger partial charge in [-0.3, -0.25) is 4.79 Å². The van der Waals surface area contributed by atoms with Crippen LogP contribution in [-0.2, 0) is 11.2 Å². The number of methoxy groups -OCH3 is 1. The molecule has 8 nitrogen and oxygen atoms in total. The second-order valence-corrected chi connectivity index (χ2v) is 7.74. The largest absolute Gasteiger partial charge is 0.495 e. The fraction of sp³-hybridized carbons (Fsp3) is 0.217. The Hall–Kier alpha value is -4.01. The molecule has 1 aliphatic heterocycles. The van der Waals surface area contributed by atoms with Crippen molar-refractivity contribution in [2.75, 3.05) is 12.4 Å². The van der Waals surface area contributed by atoms with Crippen molar-refractivity contribution >= 4 is 11.6 Å². The van der Waals surface area contributed by atoms with Crippen LogP contribution in [0.4, 0.5) is 10.1 Å². The quantitative estimate of drug-likeness (QED) is 0.531. The Bertz CT molecular complexity index is 1310. The van der Waals surface area contributed by atoms with Crippen LogP contribution in [0.1, 0.15) is 23.7 Å². The standard InChI is InChI=1S/C23H21FN6O2/c1-14-11-29(13-25-14)20-7-5-16(9-22(20)32-2)19-12-30(28-27-19)21-8-4-15-3-6-17(24)10-18(15)26-23(21)31/h3,5-7,9-13,21H,4,8H2,1-2H3,(H,26,31). The van der Waals surface area contributed by atoms with E-state index in [0.29, 0.717) is 30.0 Å². The number of rotatable bonds is 4. The molecule has 4 aromatic rings. The minimum atomic E-state index is -0.540. The van der Waals surface area contributed by atoms with Crippen molar-refractivity contribution < 1.29 is 13.9 Å². The van der Waals surface area contributed by atoms with Crippen molar-refractivity contribution in [3.63, 3.8) is 0 Å². The molecule has 2 aromatic carbocycles. The molecule has 1 N–H and O–H groups in total. The summed E-state index contributed by atoms with van der Waals surface area (Å²) in [7, 11) is 1.61. The van der Waals surface area contributed by atoms with E-state index in [1.807, 2.05) is 35.9 Å². The Labute approximate surface area is 183 Å². The number of hydrogen-bond acceptors (Lipinski definition) is 5. The number of halogens is 1. The molecule has 162 valence electrons. The molecule has 1 atom stereocenters. The highest BCUT2D eigenvalue weighted by atomic mass is 19.1. The van der Waals surface area contributed by atoms with Gasteiger partial charge in [-0.25, -0.2) is 14.1 Å². The first-order valence-corrected chi connectivity index (χ1v) is 10.2. The average Bonchev–Trinajstić information content (AvgIpc) is 3.41. The summed E-state index contributed by atoms with van der Waals surface area (Å²) in [6.07, 6.45) is 6.56. The number of ether oxygens (including phenoxy) is 1. The summed E-state index contributed by atoms with van der Waals surface area (Å²) in [6, 6.07) is 9.65. The number of carbonyl (C=O) groups excluding carboxylic acids is 1. The maximum atomic E-state index is 13.6. The van der Waals surface area contributed by atoms with Crippen LogP contribution in [-0.4, -0.2) is 37.6 Å².